The van der Waals surface area contributed by atoms with Gasteiger partial charge in [0.1, 0.15) is 10.8 Å². The zero-order valence-electron chi connectivity index (χ0n) is 8.86. The lowest BCUT2D eigenvalue weighted by Gasteiger charge is -2.07. The van der Waals surface area contributed by atoms with Crippen molar-refractivity contribution >= 4 is 27.5 Å². The van der Waals surface area contributed by atoms with Crippen LogP contribution in [0.5, 0.6) is 11.6 Å². The summed E-state index contributed by atoms with van der Waals surface area (Å²) in [6.07, 6.45) is 1.65. The van der Waals surface area contributed by atoms with E-state index in [0.29, 0.717) is 23.2 Å². The fourth-order valence-electron chi connectivity index (χ4n) is 1.29. The molecule has 0 saturated carbocycles. The van der Waals surface area contributed by atoms with Crippen molar-refractivity contribution in [1.82, 2.24) is 4.98 Å². The van der Waals surface area contributed by atoms with Crippen molar-refractivity contribution in [2.45, 2.75) is 6.54 Å². The van der Waals surface area contributed by atoms with Gasteiger partial charge >= 0.3 is 0 Å². The Morgan fingerprint density at radius 3 is 2.82 bits per heavy atom. The van der Waals surface area contributed by atoms with Gasteiger partial charge in [-0.25, -0.2) is 4.98 Å². The van der Waals surface area contributed by atoms with E-state index in [4.69, 9.17) is 22.1 Å². The van der Waals surface area contributed by atoms with Gasteiger partial charge in [0.05, 0.1) is 0 Å². The highest BCUT2D eigenvalue weighted by Gasteiger charge is 2.06. The second-order valence-electron chi connectivity index (χ2n) is 3.39. The molecule has 3 nitrogen and oxygen atoms in total. The summed E-state index contributed by atoms with van der Waals surface area (Å²) >= 11 is 9.41. The second kappa shape index (κ2) is 5.49. The molecule has 17 heavy (non-hydrogen) atoms. The first-order valence-corrected chi connectivity index (χ1v) is 6.14. The average Bonchev–Trinajstić information content (AvgIpc) is 2.32. The molecular weight excluding hydrogens is 304 g/mol. The molecule has 0 spiro atoms. The fourth-order valence-corrected chi connectivity index (χ4v) is 1.90. The van der Waals surface area contributed by atoms with Crippen LogP contribution >= 0.6 is 27.5 Å². The highest BCUT2D eigenvalue weighted by molar-refractivity contribution is 9.10. The summed E-state index contributed by atoms with van der Waals surface area (Å²) in [6, 6.07) is 9.22. The van der Waals surface area contributed by atoms with Crippen LogP contribution in [-0.2, 0) is 6.54 Å². The number of rotatable bonds is 3. The van der Waals surface area contributed by atoms with Gasteiger partial charge < -0.3 is 10.5 Å². The van der Waals surface area contributed by atoms with E-state index in [0.717, 1.165) is 10.0 Å². The van der Waals surface area contributed by atoms with E-state index >= 15 is 0 Å². The van der Waals surface area contributed by atoms with Gasteiger partial charge in [-0.2, -0.15) is 0 Å². The molecule has 0 saturated heterocycles. The molecule has 2 rings (SSSR count). The first kappa shape index (κ1) is 12.4. The molecule has 0 bridgehead atoms. The molecule has 0 aliphatic heterocycles. The maximum Gasteiger partial charge on any atom is 0.238 e. The topological polar surface area (TPSA) is 48.1 Å². The molecule has 1 aromatic heterocycles. The first-order chi connectivity index (χ1) is 8.19. The predicted octanol–water partition coefficient (Wildman–Crippen LogP) is 3.75. The molecule has 88 valence electrons. The van der Waals surface area contributed by atoms with Crippen LogP contribution in [0.1, 0.15) is 5.56 Å². The smallest absolute Gasteiger partial charge is 0.238 e. The van der Waals surface area contributed by atoms with Crippen molar-refractivity contribution < 1.29 is 4.74 Å². The summed E-state index contributed by atoms with van der Waals surface area (Å²) in [5.74, 6) is 1.05. The van der Waals surface area contributed by atoms with Crippen molar-refractivity contribution in [1.29, 1.82) is 0 Å². The highest BCUT2D eigenvalue weighted by Crippen LogP contribution is 2.28. The third-order valence-electron chi connectivity index (χ3n) is 2.11. The van der Waals surface area contributed by atoms with E-state index in [1.807, 2.05) is 24.3 Å². The van der Waals surface area contributed by atoms with Crippen molar-refractivity contribution in [3.05, 3.63) is 51.6 Å². The van der Waals surface area contributed by atoms with Crippen LogP contribution in [0.2, 0.25) is 5.02 Å². The van der Waals surface area contributed by atoms with Crippen LogP contribution in [0.3, 0.4) is 0 Å². The molecule has 2 aromatic rings. The van der Waals surface area contributed by atoms with E-state index in [9.17, 15) is 0 Å². The Labute approximate surface area is 113 Å². The van der Waals surface area contributed by atoms with Crippen LogP contribution in [0.25, 0.3) is 0 Å². The van der Waals surface area contributed by atoms with Gasteiger partial charge in [-0.1, -0.05) is 33.6 Å². The van der Waals surface area contributed by atoms with Crippen LogP contribution in [-0.4, -0.2) is 4.98 Å². The zero-order chi connectivity index (χ0) is 12.3. The van der Waals surface area contributed by atoms with Crippen LogP contribution in [0, 0.1) is 0 Å². The quantitative estimate of drug-likeness (QED) is 0.939. The molecule has 0 atom stereocenters. The van der Waals surface area contributed by atoms with Gasteiger partial charge in [-0.3, -0.25) is 0 Å². The molecule has 0 amide bonds. The molecule has 0 unspecified atom stereocenters. The lowest BCUT2D eigenvalue weighted by molar-refractivity contribution is 0.462. The van der Waals surface area contributed by atoms with E-state index < -0.39 is 0 Å². The Morgan fingerprint density at radius 1 is 1.35 bits per heavy atom. The summed E-state index contributed by atoms with van der Waals surface area (Å²) in [7, 11) is 0. The van der Waals surface area contributed by atoms with Crippen molar-refractivity contribution in [3.63, 3.8) is 0 Å². The Hall–Kier alpha value is -1.10. The predicted molar refractivity (Wildman–Crippen MR) is 71.4 cm³/mol. The minimum absolute atomic E-state index is 0.377. The van der Waals surface area contributed by atoms with Gasteiger partial charge in [0.15, 0.2) is 0 Å². The minimum atomic E-state index is 0.377. The maximum atomic E-state index is 6.04. The normalized spacial score (nSPS) is 10.3. The van der Waals surface area contributed by atoms with Crippen LogP contribution in [0.4, 0.5) is 0 Å². The van der Waals surface area contributed by atoms with Crippen molar-refractivity contribution in [2.75, 3.05) is 0 Å². The molecule has 1 aromatic carbocycles. The average molecular weight is 314 g/mol. The Bertz CT molecular complexity index is 534. The van der Waals surface area contributed by atoms with E-state index in [2.05, 4.69) is 20.9 Å². The fraction of sp³-hybridized carbons (Fsp3) is 0.0833. The van der Waals surface area contributed by atoms with Crippen molar-refractivity contribution in [3.8, 4) is 11.6 Å². The molecule has 5 heteroatoms. The van der Waals surface area contributed by atoms with Gasteiger partial charge in [0.25, 0.3) is 0 Å². The molecule has 0 aliphatic carbocycles. The third kappa shape index (κ3) is 3.19. The number of hydrogen-bond donors (Lipinski definition) is 1. The number of ether oxygens (including phenoxy) is 1. The summed E-state index contributed by atoms with van der Waals surface area (Å²) in [6.45, 7) is 0.407. The molecule has 2 N–H and O–H groups in total. The van der Waals surface area contributed by atoms with E-state index in [1.54, 1.807) is 12.3 Å². The second-order valence-corrected chi connectivity index (χ2v) is 4.72. The van der Waals surface area contributed by atoms with Gasteiger partial charge in [0, 0.05) is 17.2 Å². The number of hydrogen-bond acceptors (Lipinski definition) is 3. The lowest BCUT2D eigenvalue weighted by Crippen LogP contribution is -1.98. The van der Waals surface area contributed by atoms with Crippen LogP contribution in [0.15, 0.2) is 41.0 Å². The Balaban J connectivity index is 2.24. The zero-order valence-corrected chi connectivity index (χ0v) is 11.2. The van der Waals surface area contributed by atoms with Gasteiger partial charge in [-0.15, -0.1) is 0 Å². The first-order valence-electron chi connectivity index (χ1n) is 4.97. The molecule has 0 fully saturated rings. The van der Waals surface area contributed by atoms with Gasteiger partial charge in [-0.05, 0) is 29.8 Å². The monoisotopic (exact) mass is 312 g/mol. The maximum absolute atomic E-state index is 6.04. The number of nitrogens with two attached hydrogens (primary N) is 1. The Morgan fingerprint density at radius 2 is 2.18 bits per heavy atom. The van der Waals surface area contributed by atoms with Gasteiger partial charge in [0.2, 0.25) is 5.88 Å². The van der Waals surface area contributed by atoms with Crippen LogP contribution < -0.4 is 10.5 Å². The standard InChI is InChI=1S/C12H10BrClN2O/c13-9-2-1-3-10(5-9)17-12-11(14)4-8(6-15)7-16-12/h1-5,7H,6,15H2. The lowest BCUT2D eigenvalue weighted by atomic mass is 10.3. The number of aromatic nitrogens is 1. The van der Waals surface area contributed by atoms with E-state index in [1.165, 1.54) is 0 Å². The van der Waals surface area contributed by atoms with Crippen molar-refractivity contribution in [2.24, 2.45) is 5.73 Å². The molecule has 0 radical (unpaired) electrons. The molecule has 0 aliphatic rings. The third-order valence-corrected chi connectivity index (χ3v) is 2.87. The molecular formula is C12H10BrClN2O. The number of halogens is 2. The summed E-state index contributed by atoms with van der Waals surface area (Å²) < 4.78 is 6.51. The molecule has 1 heterocycles. The van der Waals surface area contributed by atoms with E-state index in [-0.39, 0.29) is 0 Å². The summed E-state index contributed by atoms with van der Waals surface area (Å²) in [5.41, 5.74) is 6.37. The number of nitrogens with zero attached hydrogens (tertiary/aromatic N) is 1. The summed E-state index contributed by atoms with van der Waals surface area (Å²) in [5, 5.41) is 0.452. The highest BCUT2D eigenvalue weighted by atomic mass is 79.9. The SMILES string of the molecule is NCc1cnc(Oc2cccc(Br)c2)c(Cl)c1. The number of pyridine rings is 1. The number of benzene rings is 1. The summed E-state index contributed by atoms with van der Waals surface area (Å²) in [4.78, 5) is 4.12. The Kier molecular flexibility index (Phi) is 3.99. The largest absolute Gasteiger partial charge is 0.438 e. The minimum Gasteiger partial charge on any atom is -0.438 e.